The first kappa shape index (κ1) is 17.2. The SMILES string of the molecule is O=C1CCCCCN1CC(=O)N1CCNCC1c1cccc(Cl)c1. The first-order valence-electron chi connectivity index (χ1n) is 8.68. The number of likely N-dealkylation sites (tertiary alicyclic amines) is 1. The van der Waals surface area contributed by atoms with Gasteiger partial charge in [-0.1, -0.05) is 30.2 Å². The fourth-order valence-electron chi connectivity index (χ4n) is 3.47. The molecular formula is C18H24ClN3O2. The predicted octanol–water partition coefficient (Wildman–Crippen LogP) is 2.22. The molecule has 1 aromatic carbocycles. The molecule has 2 heterocycles. The van der Waals surface area contributed by atoms with Crippen LogP contribution in [0.3, 0.4) is 0 Å². The molecule has 1 atom stereocenters. The zero-order chi connectivity index (χ0) is 16.9. The number of amides is 2. The van der Waals surface area contributed by atoms with Gasteiger partial charge in [0.15, 0.2) is 0 Å². The average molecular weight is 350 g/mol. The van der Waals surface area contributed by atoms with Crippen LogP contribution in [0.15, 0.2) is 24.3 Å². The van der Waals surface area contributed by atoms with Gasteiger partial charge in [-0.3, -0.25) is 9.59 Å². The Bertz CT molecular complexity index is 608. The number of nitrogens with one attached hydrogen (secondary N) is 1. The molecule has 3 rings (SSSR count). The number of piperazine rings is 1. The maximum absolute atomic E-state index is 12.9. The van der Waals surface area contributed by atoms with E-state index in [4.69, 9.17) is 11.6 Å². The Morgan fingerprint density at radius 3 is 2.96 bits per heavy atom. The third-order valence-corrected chi connectivity index (χ3v) is 5.03. The number of hydrogen-bond acceptors (Lipinski definition) is 3. The second kappa shape index (κ2) is 7.99. The molecule has 5 nitrogen and oxygen atoms in total. The predicted molar refractivity (Wildman–Crippen MR) is 93.8 cm³/mol. The highest BCUT2D eigenvalue weighted by atomic mass is 35.5. The highest BCUT2D eigenvalue weighted by Crippen LogP contribution is 2.25. The van der Waals surface area contributed by atoms with Crippen molar-refractivity contribution in [3.05, 3.63) is 34.9 Å². The van der Waals surface area contributed by atoms with E-state index in [1.54, 1.807) is 4.90 Å². The Morgan fingerprint density at radius 2 is 2.12 bits per heavy atom. The van der Waals surface area contributed by atoms with Crippen LogP contribution in [0.2, 0.25) is 5.02 Å². The number of carbonyl (C=O) groups excluding carboxylic acids is 2. The maximum atomic E-state index is 12.9. The standard InChI is InChI=1S/C18H24ClN3O2/c19-15-6-4-5-14(11-15)16-12-20-8-10-22(16)18(24)13-21-9-3-1-2-7-17(21)23/h4-6,11,16,20H,1-3,7-10,12-13H2. The van der Waals surface area contributed by atoms with E-state index in [-0.39, 0.29) is 24.4 Å². The van der Waals surface area contributed by atoms with Crippen molar-refractivity contribution in [3.63, 3.8) is 0 Å². The van der Waals surface area contributed by atoms with Crippen LogP contribution in [-0.4, -0.2) is 54.3 Å². The van der Waals surface area contributed by atoms with Gasteiger partial charge in [0.25, 0.3) is 0 Å². The van der Waals surface area contributed by atoms with E-state index >= 15 is 0 Å². The molecular weight excluding hydrogens is 326 g/mol. The summed E-state index contributed by atoms with van der Waals surface area (Å²) in [7, 11) is 0. The van der Waals surface area contributed by atoms with Crippen LogP contribution in [0.25, 0.3) is 0 Å². The minimum atomic E-state index is -0.0352. The summed E-state index contributed by atoms with van der Waals surface area (Å²) in [5, 5.41) is 4.02. The van der Waals surface area contributed by atoms with Gasteiger partial charge in [-0.25, -0.2) is 0 Å². The second-order valence-corrected chi connectivity index (χ2v) is 6.92. The van der Waals surface area contributed by atoms with Gasteiger partial charge in [-0.15, -0.1) is 0 Å². The summed E-state index contributed by atoms with van der Waals surface area (Å²) in [6.45, 7) is 3.02. The maximum Gasteiger partial charge on any atom is 0.242 e. The lowest BCUT2D eigenvalue weighted by Gasteiger charge is -2.37. The number of halogens is 1. The molecule has 2 aliphatic rings. The van der Waals surface area contributed by atoms with Gasteiger partial charge in [-0.05, 0) is 30.5 Å². The molecule has 1 unspecified atom stereocenters. The third kappa shape index (κ3) is 4.08. The van der Waals surface area contributed by atoms with Crippen molar-refractivity contribution in [2.24, 2.45) is 0 Å². The summed E-state index contributed by atoms with van der Waals surface area (Å²) in [4.78, 5) is 28.6. The number of nitrogens with zero attached hydrogens (tertiary/aromatic N) is 2. The van der Waals surface area contributed by atoms with Crippen LogP contribution in [0, 0.1) is 0 Å². The van der Waals surface area contributed by atoms with Crippen molar-refractivity contribution in [2.45, 2.75) is 31.7 Å². The van der Waals surface area contributed by atoms with Crippen molar-refractivity contribution in [3.8, 4) is 0 Å². The summed E-state index contributed by atoms with van der Waals surface area (Å²) >= 11 is 6.11. The number of rotatable bonds is 3. The van der Waals surface area contributed by atoms with E-state index in [1.165, 1.54) is 0 Å². The fourth-order valence-corrected chi connectivity index (χ4v) is 3.67. The molecule has 0 aromatic heterocycles. The number of hydrogen-bond donors (Lipinski definition) is 1. The molecule has 2 aliphatic heterocycles. The quantitative estimate of drug-likeness (QED) is 0.910. The molecule has 2 saturated heterocycles. The Kier molecular flexibility index (Phi) is 5.74. The van der Waals surface area contributed by atoms with Gasteiger partial charge in [0.1, 0.15) is 0 Å². The molecule has 0 spiro atoms. The summed E-state index contributed by atoms with van der Waals surface area (Å²) in [5.74, 6) is 0.131. The smallest absolute Gasteiger partial charge is 0.242 e. The topological polar surface area (TPSA) is 52.7 Å². The van der Waals surface area contributed by atoms with Crippen LogP contribution >= 0.6 is 11.6 Å². The molecule has 130 valence electrons. The van der Waals surface area contributed by atoms with Crippen molar-refractivity contribution < 1.29 is 9.59 Å². The van der Waals surface area contributed by atoms with Crippen LogP contribution in [-0.2, 0) is 9.59 Å². The monoisotopic (exact) mass is 349 g/mol. The van der Waals surface area contributed by atoms with Gasteiger partial charge in [-0.2, -0.15) is 0 Å². The van der Waals surface area contributed by atoms with Gasteiger partial charge >= 0.3 is 0 Å². The molecule has 2 fully saturated rings. The van der Waals surface area contributed by atoms with Gasteiger partial charge in [0, 0.05) is 37.6 Å². The summed E-state index contributed by atoms with van der Waals surface area (Å²) in [5.41, 5.74) is 1.03. The van der Waals surface area contributed by atoms with E-state index < -0.39 is 0 Å². The zero-order valence-electron chi connectivity index (χ0n) is 13.8. The van der Waals surface area contributed by atoms with Crippen molar-refractivity contribution >= 4 is 23.4 Å². The van der Waals surface area contributed by atoms with E-state index in [1.807, 2.05) is 29.2 Å². The highest BCUT2D eigenvalue weighted by molar-refractivity contribution is 6.30. The molecule has 0 radical (unpaired) electrons. The number of carbonyl (C=O) groups is 2. The Balaban J connectivity index is 1.72. The Hall–Kier alpha value is -1.59. The van der Waals surface area contributed by atoms with Gasteiger partial charge < -0.3 is 15.1 Å². The van der Waals surface area contributed by atoms with Crippen LogP contribution in [0.1, 0.15) is 37.3 Å². The summed E-state index contributed by atoms with van der Waals surface area (Å²) in [6.07, 6.45) is 3.54. The average Bonchev–Trinajstić information content (AvgIpc) is 2.79. The zero-order valence-corrected chi connectivity index (χ0v) is 14.6. The molecule has 1 N–H and O–H groups in total. The van der Waals surface area contributed by atoms with Crippen molar-refractivity contribution in [1.82, 2.24) is 15.1 Å². The molecule has 24 heavy (non-hydrogen) atoms. The van der Waals surface area contributed by atoms with Crippen LogP contribution in [0.5, 0.6) is 0 Å². The lowest BCUT2D eigenvalue weighted by molar-refractivity contribution is -0.142. The molecule has 0 aliphatic carbocycles. The van der Waals surface area contributed by atoms with E-state index in [2.05, 4.69) is 5.32 Å². The third-order valence-electron chi connectivity index (χ3n) is 4.79. The van der Waals surface area contributed by atoms with Crippen LogP contribution in [0.4, 0.5) is 0 Å². The lowest BCUT2D eigenvalue weighted by Crippen LogP contribution is -2.52. The molecule has 0 saturated carbocycles. The molecule has 2 amide bonds. The first-order valence-corrected chi connectivity index (χ1v) is 9.06. The normalized spacial score (nSPS) is 22.4. The fraction of sp³-hybridized carbons (Fsp3) is 0.556. The largest absolute Gasteiger partial charge is 0.333 e. The Labute approximate surface area is 147 Å². The van der Waals surface area contributed by atoms with Crippen molar-refractivity contribution in [1.29, 1.82) is 0 Å². The highest BCUT2D eigenvalue weighted by Gasteiger charge is 2.30. The van der Waals surface area contributed by atoms with Gasteiger partial charge in [0.05, 0.1) is 12.6 Å². The van der Waals surface area contributed by atoms with E-state index in [0.29, 0.717) is 31.1 Å². The molecule has 1 aromatic rings. The first-order chi connectivity index (χ1) is 11.6. The van der Waals surface area contributed by atoms with Crippen molar-refractivity contribution in [2.75, 3.05) is 32.7 Å². The van der Waals surface area contributed by atoms with E-state index in [0.717, 1.165) is 31.4 Å². The molecule has 6 heteroatoms. The lowest BCUT2D eigenvalue weighted by atomic mass is 10.0. The second-order valence-electron chi connectivity index (χ2n) is 6.49. The Morgan fingerprint density at radius 1 is 1.25 bits per heavy atom. The molecule has 0 bridgehead atoms. The van der Waals surface area contributed by atoms with Gasteiger partial charge in [0.2, 0.25) is 11.8 Å². The minimum Gasteiger partial charge on any atom is -0.333 e. The van der Waals surface area contributed by atoms with E-state index in [9.17, 15) is 9.59 Å². The summed E-state index contributed by atoms with van der Waals surface area (Å²) < 4.78 is 0. The minimum absolute atomic E-state index is 0.0247. The van der Waals surface area contributed by atoms with Crippen LogP contribution < -0.4 is 5.32 Å². The summed E-state index contributed by atoms with van der Waals surface area (Å²) in [6, 6.07) is 7.63. The number of benzene rings is 1.